The van der Waals surface area contributed by atoms with Gasteiger partial charge in [-0.1, -0.05) is 26.0 Å². The fourth-order valence-corrected chi connectivity index (χ4v) is 2.10. The van der Waals surface area contributed by atoms with Gasteiger partial charge in [-0.25, -0.2) is 4.79 Å². The maximum absolute atomic E-state index is 12.0. The Balaban J connectivity index is 2.66. The van der Waals surface area contributed by atoms with Crippen LogP contribution < -0.4 is 10.6 Å². The van der Waals surface area contributed by atoms with Crippen molar-refractivity contribution < 1.29 is 19.1 Å². The number of nitrogens with one attached hydrogen (secondary N) is 2. The summed E-state index contributed by atoms with van der Waals surface area (Å²) in [7, 11) is 1.30. The molecule has 2 amide bonds. The van der Waals surface area contributed by atoms with E-state index in [9.17, 15) is 14.4 Å². The minimum absolute atomic E-state index is 0.142. The standard InChI is InChI=1S/C18H24N2O4/c1-12(2)11-16(18(23)24-4)20-17(22)10-7-14-5-8-15(9-6-14)19-13(3)21/h5-10,12,16H,11H2,1-4H3,(H,19,21)(H,20,22)/t16-/m1/s1. The summed E-state index contributed by atoms with van der Waals surface area (Å²) in [6.07, 6.45) is 3.51. The molecule has 0 aliphatic carbocycles. The molecule has 0 heterocycles. The van der Waals surface area contributed by atoms with Crippen LogP contribution in [0.1, 0.15) is 32.8 Å². The molecule has 0 bridgehead atoms. The summed E-state index contributed by atoms with van der Waals surface area (Å²) in [4.78, 5) is 34.6. The SMILES string of the molecule is COC(=O)[C@@H](CC(C)C)NC(=O)C=Cc1ccc(NC(C)=O)cc1. The van der Waals surface area contributed by atoms with Gasteiger partial charge in [0, 0.05) is 18.7 Å². The van der Waals surface area contributed by atoms with Gasteiger partial charge >= 0.3 is 5.97 Å². The quantitative estimate of drug-likeness (QED) is 0.593. The summed E-state index contributed by atoms with van der Waals surface area (Å²) in [5, 5.41) is 5.32. The lowest BCUT2D eigenvalue weighted by molar-refractivity contribution is -0.145. The first-order valence-electron chi connectivity index (χ1n) is 7.76. The average molecular weight is 332 g/mol. The molecule has 24 heavy (non-hydrogen) atoms. The minimum Gasteiger partial charge on any atom is -0.467 e. The summed E-state index contributed by atoms with van der Waals surface area (Å²) < 4.78 is 4.71. The van der Waals surface area contributed by atoms with E-state index in [1.54, 1.807) is 30.3 Å². The second-order valence-corrected chi connectivity index (χ2v) is 5.85. The van der Waals surface area contributed by atoms with Crippen molar-refractivity contribution in [3.05, 3.63) is 35.9 Å². The van der Waals surface area contributed by atoms with Gasteiger partial charge in [-0.2, -0.15) is 0 Å². The van der Waals surface area contributed by atoms with Crippen molar-refractivity contribution in [3.63, 3.8) is 0 Å². The predicted molar refractivity (Wildman–Crippen MR) is 93.2 cm³/mol. The summed E-state index contributed by atoms with van der Waals surface area (Å²) in [5.74, 6) is -0.710. The number of anilines is 1. The lowest BCUT2D eigenvalue weighted by Gasteiger charge is -2.17. The maximum atomic E-state index is 12.0. The average Bonchev–Trinajstić information content (AvgIpc) is 2.52. The number of ether oxygens (including phenoxy) is 1. The fraction of sp³-hybridized carbons (Fsp3) is 0.389. The molecule has 0 aromatic heterocycles. The van der Waals surface area contributed by atoms with Crippen molar-refractivity contribution in [3.8, 4) is 0 Å². The van der Waals surface area contributed by atoms with E-state index < -0.39 is 12.0 Å². The number of rotatable bonds is 7. The van der Waals surface area contributed by atoms with Crippen molar-refractivity contribution in [2.45, 2.75) is 33.2 Å². The Morgan fingerprint density at radius 1 is 1.17 bits per heavy atom. The van der Waals surface area contributed by atoms with Crippen molar-refractivity contribution >= 4 is 29.5 Å². The van der Waals surface area contributed by atoms with Gasteiger partial charge in [0.25, 0.3) is 0 Å². The molecule has 0 aliphatic heterocycles. The van der Waals surface area contributed by atoms with Gasteiger partial charge in [0.1, 0.15) is 6.04 Å². The molecule has 0 saturated carbocycles. The van der Waals surface area contributed by atoms with Gasteiger partial charge < -0.3 is 15.4 Å². The minimum atomic E-state index is -0.658. The Kier molecular flexibility index (Phi) is 7.68. The first-order chi connectivity index (χ1) is 11.3. The van der Waals surface area contributed by atoms with Crippen LogP contribution in [-0.4, -0.2) is 30.9 Å². The van der Waals surface area contributed by atoms with Crippen LogP contribution in [0.25, 0.3) is 6.08 Å². The van der Waals surface area contributed by atoms with E-state index in [2.05, 4.69) is 10.6 Å². The highest BCUT2D eigenvalue weighted by Crippen LogP contribution is 2.11. The van der Waals surface area contributed by atoms with E-state index in [4.69, 9.17) is 4.74 Å². The second-order valence-electron chi connectivity index (χ2n) is 5.85. The third-order valence-electron chi connectivity index (χ3n) is 3.17. The molecule has 0 saturated heterocycles. The Labute approximate surface area is 142 Å². The zero-order chi connectivity index (χ0) is 18.1. The monoisotopic (exact) mass is 332 g/mol. The highest BCUT2D eigenvalue weighted by atomic mass is 16.5. The van der Waals surface area contributed by atoms with E-state index in [0.717, 1.165) is 5.56 Å². The molecule has 1 rings (SSSR count). The van der Waals surface area contributed by atoms with Crippen LogP contribution in [0.5, 0.6) is 0 Å². The molecule has 6 nitrogen and oxygen atoms in total. The Hall–Kier alpha value is -2.63. The van der Waals surface area contributed by atoms with Crippen LogP contribution in [0.4, 0.5) is 5.69 Å². The van der Waals surface area contributed by atoms with E-state index in [-0.39, 0.29) is 17.7 Å². The summed E-state index contributed by atoms with van der Waals surface area (Å²) >= 11 is 0. The molecule has 1 aromatic rings. The zero-order valence-corrected chi connectivity index (χ0v) is 14.5. The Morgan fingerprint density at radius 3 is 2.29 bits per heavy atom. The fourth-order valence-electron chi connectivity index (χ4n) is 2.10. The molecule has 0 aliphatic rings. The lowest BCUT2D eigenvalue weighted by atomic mass is 10.0. The molecule has 2 N–H and O–H groups in total. The molecule has 0 radical (unpaired) electrons. The molecule has 1 atom stereocenters. The number of methoxy groups -OCH3 is 1. The van der Waals surface area contributed by atoms with Crippen LogP contribution in [0.3, 0.4) is 0 Å². The third kappa shape index (κ3) is 7.09. The second kappa shape index (κ2) is 9.50. The number of hydrogen-bond donors (Lipinski definition) is 2. The van der Waals surface area contributed by atoms with E-state index in [0.29, 0.717) is 12.1 Å². The highest BCUT2D eigenvalue weighted by molar-refractivity contribution is 5.94. The van der Waals surface area contributed by atoms with Gasteiger partial charge in [-0.05, 0) is 36.1 Å². The Bertz CT molecular complexity index is 606. The van der Waals surface area contributed by atoms with Gasteiger partial charge in [-0.3, -0.25) is 9.59 Å². The largest absolute Gasteiger partial charge is 0.467 e. The Morgan fingerprint density at radius 2 is 1.79 bits per heavy atom. The molecule has 0 unspecified atom stereocenters. The van der Waals surface area contributed by atoms with Crippen LogP contribution in [-0.2, 0) is 19.1 Å². The van der Waals surface area contributed by atoms with Crippen LogP contribution >= 0.6 is 0 Å². The summed E-state index contributed by atoms with van der Waals surface area (Å²) in [5.41, 5.74) is 1.49. The first-order valence-corrected chi connectivity index (χ1v) is 7.76. The molecule has 1 aromatic carbocycles. The number of carbonyl (C=O) groups is 3. The van der Waals surface area contributed by atoms with Crippen molar-refractivity contribution in [2.24, 2.45) is 5.92 Å². The number of carbonyl (C=O) groups excluding carboxylic acids is 3. The predicted octanol–water partition coefficient (Wildman–Crippen LogP) is 2.36. The van der Waals surface area contributed by atoms with Crippen LogP contribution in [0.15, 0.2) is 30.3 Å². The summed E-state index contributed by atoms with van der Waals surface area (Å²) in [6, 6.07) is 6.39. The number of amides is 2. The van der Waals surface area contributed by atoms with Crippen molar-refractivity contribution in [1.82, 2.24) is 5.32 Å². The van der Waals surface area contributed by atoms with Crippen LogP contribution in [0.2, 0.25) is 0 Å². The molecule has 0 fully saturated rings. The van der Waals surface area contributed by atoms with Gasteiger partial charge in [0.15, 0.2) is 0 Å². The first kappa shape index (κ1) is 19.4. The number of benzene rings is 1. The van der Waals surface area contributed by atoms with Gasteiger partial charge in [0.2, 0.25) is 11.8 Å². The molecular weight excluding hydrogens is 308 g/mol. The molecule has 0 spiro atoms. The number of hydrogen-bond acceptors (Lipinski definition) is 4. The van der Waals surface area contributed by atoms with Gasteiger partial charge in [-0.15, -0.1) is 0 Å². The lowest BCUT2D eigenvalue weighted by Crippen LogP contribution is -2.41. The van der Waals surface area contributed by atoms with Gasteiger partial charge in [0.05, 0.1) is 7.11 Å². The molecular formula is C18H24N2O4. The topological polar surface area (TPSA) is 84.5 Å². The third-order valence-corrected chi connectivity index (χ3v) is 3.17. The van der Waals surface area contributed by atoms with E-state index in [1.807, 2.05) is 13.8 Å². The van der Waals surface area contributed by atoms with E-state index >= 15 is 0 Å². The number of esters is 1. The van der Waals surface area contributed by atoms with E-state index in [1.165, 1.54) is 20.1 Å². The zero-order valence-electron chi connectivity index (χ0n) is 14.5. The highest BCUT2D eigenvalue weighted by Gasteiger charge is 2.21. The maximum Gasteiger partial charge on any atom is 0.328 e. The van der Waals surface area contributed by atoms with Crippen molar-refractivity contribution in [2.75, 3.05) is 12.4 Å². The molecule has 6 heteroatoms. The molecule has 130 valence electrons. The normalized spacial score (nSPS) is 12.0. The summed E-state index contributed by atoms with van der Waals surface area (Å²) in [6.45, 7) is 5.37. The van der Waals surface area contributed by atoms with Crippen molar-refractivity contribution in [1.29, 1.82) is 0 Å². The smallest absolute Gasteiger partial charge is 0.328 e. The van der Waals surface area contributed by atoms with Crippen LogP contribution in [0, 0.1) is 5.92 Å².